The van der Waals surface area contributed by atoms with Crippen LogP contribution in [0.2, 0.25) is 0 Å². The van der Waals surface area contributed by atoms with Gasteiger partial charge in [-0.05, 0) is 99.4 Å². The number of rotatable bonds is 5. The van der Waals surface area contributed by atoms with Gasteiger partial charge in [0.15, 0.2) is 5.58 Å². The van der Waals surface area contributed by atoms with E-state index < -0.39 is 0 Å². The summed E-state index contributed by atoms with van der Waals surface area (Å²) in [7, 11) is 0. The van der Waals surface area contributed by atoms with Crippen LogP contribution in [0, 0.1) is 0 Å². The normalized spacial score (nSPS) is 11.7. The summed E-state index contributed by atoms with van der Waals surface area (Å²) in [4.78, 5) is 7.05. The zero-order valence-corrected chi connectivity index (χ0v) is 26.4. The molecular formula is C45H28N2O2. The number of fused-ring (bicyclic) bond motifs is 7. The van der Waals surface area contributed by atoms with E-state index in [1.165, 1.54) is 32.7 Å². The number of hydrogen-bond acceptors (Lipinski definition) is 4. The molecule has 4 heteroatoms. The van der Waals surface area contributed by atoms with E-state index in [9.17, 15) is 0 Å². The van der Waals surface area contributed by atoms with Crippen LogP contribution in [0.5, 0.6) is 0 Å². The van der Waals surface area contributed by atoms with Crippen molar-refractivity contribution in [3.8, 4) is 22.6 Å². The van der Waals surface area contributed by atoms with E-state index in [2.05, 4.69) is 138 Å². The molecule has 0 saturated carbocycles. The molecule has 0 atom stereocenters. The van der Waals surface area contributed by atoms with E-state index in [-0.39, 0.29) is 0 Å². The Morgan fingerprint density at radius 3 is 1.86 bits per heavy atom. The van der Waals surface area contributed by atoms with E-state index in [4.69, 9.17) is 13.8 Å². The third-order valence-corrected chi connectivity index (χ3v) is 9.46. The number of para-hydroxylation sites is 1. The minimum absolute atomic E-state index is 0.601. The fraction of sp³-hybridized carbons (Fsp3) is 0. The summed E-state index contributed by atoms with van der Waals surface area (Å²) in [6, 6.07) is 59.4. The van der Waals surface area contributed by atoms with Crippen molar-refractivity contribution in [2.75, 3.05) is 4.90 Å². The predicted molar refractivity (Wildman–Crippen MR) is 202 cm³/mol. The van der Waals surface area contributed by atoms with E-state index in [1.54, 1.807) is 0 Å². The fourth-order valence-electron chi connectivity index (χ4n) is 7.14. The van der Waals surface area contributed by atoms with Gasteiger partial charge < -0.3 is 13.7 Å². The first kappa shape index (κ1) is 27.5. The number of furan rings is 1. The van der Waals surface area contributed by atoms with Crippen molar-refractivity contribution in [3.63, 3.8) is 0 Å². The second kappa shape index (κ2) is 11.0. The van der Waals surface area contributed by atoms with Crippen LogP contribution in [0.4, 0.5) is 17.1 Å². The van der Waals surface area contributed by atoms with E-state index >= 15 is 0 Å². The predicted octanol–water partition coefficient (Wildman–Crippen LogP) is 12.8. The Kier molecular flexibility index (Phi) is 6.15. The maximum absolute atomic E-state index is 6.35. The summed E-state index contributed by atoms with van der Waals surface area (Å²) in [5.74, 6) is 0.601. The van der Waals surface area contributed by atoms with Crippen LogP contribution in [0.25, 0.3) is 77.2 Å². The Balaban J connectivity index is 1.09. The van der Waals surface area contributed by atoms with Crippen LogP contribution in [-0.2, 0) is 0 Å². The molecule has 0 aliphatic heterocycles. The van der Waals surface area contributed by atoms with Gasteiger partial charge in [-0.2, -0.15) is 0 Å². The summed E-state index contributed by atoms with van der Waals surface area (Å²) < 4.78 is 12.6. The molecule has 0 aliphatic carbocycles. The first-order valence-electron chi connectivity index (χ1n) is 16.5. The lowest BCUT2D eigenvalue weighted by Crippen LogP contribution is -2.09. The van der Waals surface area contributed by atoms with Crippen molar-refractivity contribution in [1.82, 2.24) is 4.98 Å². The number of oxazole rings is 1. The SMILES string of the molecule is c1ccc(-c2nc3cc4oc5ccc(N(c6ccccc6)c6ccc(-c7cc8ccccc8c8ccccc78)cc6)cc5c4cc3o2)cc1. The molecule has 49 heavy (non-hydrogen) atoms. The van der Waals surface area contributed by atoms with Crippen molar-refractivity contribution in [2.45, 2.75) is 0 Å². The van der Waals surface area contributed by atoms with Gasteiger partial charge in [-0.15, -0.1) is 0 Å². The molecule has 0 saturated heterocycles. The molecule has 0 amide bonds. The van der Waals surface area contributed by atoms with E-state index in [0.29, 0.717) is 5.89 Å². The van der Waals surface area contributed by atoms with Gasteiger partial charge in [0.2, 0.25) is 5.89 Å². The highest BCUT2D eigenvalue weighted by molar-refractivity contribution is 6.14. The minimum atomic E-state index is 0.601. The number of benzene rings is 8. The quantitative estimate of drug-likeness (QED) is 0.178. The summed E-state index contributed by atoms with van der Waals surface area (Å²) in [6.45, 7) is 0. The lowest BCUT2D eigenvalue weighted by Gasteiger charge is -2.25. The van der Waals surface area contributed by atoms with Crippen LogP contribution < -0.4 is 4.90 Å². The molecule has 0 unspecified atom stereocenters. The Labute approximate surface area is 282 Å². The molecule has 8 aromatic carbocycles. The van der Waals surface area contributed by atoms with Gasteiger partial charge in [0.05, 0.1) is 0 Å². The van der Waals surface area contributed by atoms with Crippen LogP contribution in [0.1, 0.15) is 0 Å². The standard InChI is InChI=1S/C45H28N2O2/c1-3-11-30(12-4-1)45-46-41-28-43-40(27-44(41)49-45)39-26-34(23-24-42(39)48-43)47(32-14-5-2-6-15-32)33-21-19-29(20-22-33)38-25-31-13-7-8-16-35(31)36-17-9-10-18-37(36)38/h1-28H. The van der Waals surface area contributed by atoms with Gasteiger partial charge in [-0.3, -0.25) is 0 Å². The van der Waals surface area contributed by atoms with Gasteiger partial charge in [0.25, 0.3) is 0 Å². The molecule has 0 N–H and O–H groups in total. The maximum Gasteiger partial charge on any atom is 0.227 e. The molecule has 2 heterocycles. The third-order valence-electron chi connectivity index (χ3n) is 9.46. The highest BCUT2D eigenvalue weighted by atomic mass is 16.4. The number of aromatic nitrogens is 1. The average Bonchev–Trinajstić information content (AvgIpc) is 3.75. The molecule has 0 radical (unpaired) electrons. The second-order valence-corrected chi connectivity index (χ2v) is 12.4. The lowest BCUT2D eigenvalue weighted by molar-refractivity contribution is 0.620. The Hall–Kier alpha value is -6.65. The monoisotopic (exact) mass is 628 g/mol. The Bertz CT molecular complexity index is 2820. The minimum Gasteiger partial charge on any atom is -0.456 e. The molecule has 2 aromatic heterocycles. The topological polar surface area (TPSA) is 42.4 Å². The van der Waals surface area contributed by atoms with Crippen molar-refractivity contribution < 1.29 is 8.83 Å². The summed E-state index contributed by atoms with van der Waals surface area (Å²) >= 11 is 0. The zero-order chi connectivity index (χ0) is 32.3. The van der Waals surface area contributed by atoms with Crippen LogP contribution in [0.3, 0.4) is 0 Å². The fourth-order valence-corrected chi connectivity index (χ4v) is 7.14. The summed E-state index contributed by atoms with van der Waals surface area (Å²) in [5, 5.41) is 7.05. The van der Waals surface area contributed by atoms with Crippen molar-refractivity contribution in [1.29, 1.82) is 0 Å². The average molecular weight is 629 g/mol. The van der Waals surface area contributed by atoms with Crippen LogP contribution in [-0.4, -0.2) is 4.98 Å². The maximum atomic E-state index is 6.35. The first-order chi connectivity index (χ1) is 24.3. The van der Waals surface area contributed by atoms with Gasteiger partial charge in [0.1, 0.15) is 16.7 Å². The Morgan fingerprint density at radius 1 is 0.388 bits per heavy atom. The smallest absolute Gasteiger partial charge is 0.227 e. The molecule has 0 bridgehead atoms. The number of hydrogen-bond donors (Lipinski definition) is 0. The van der Waals surface area contributed by atoms with Crippen molar-refractivity contribution >= 4 is 71.6 Å². The summed E-state index contributed by atoms with van der Waals surface area (Å²) in [6.07, 6.45) is 0. The Morgan fingerprint density at radius 2 is 1.04 bits per heavy atom. The molecule has 0 fully saturated rings. The molecule has 0 spiro atoms. The second-order valence-electron chi connectivity index (χ2n) is 12.4. The highest BCUT2D eigenvalue weighted by Crippen LogP contribution is 2.41. The number of anilines is 3. The largest absolute Gasteiger partial charge is 0.456 e. The molecule has 230 valence electrons. The third kappa shape index (κ3) is 4.57. The lowest BCUT2D eigenvalue weighted by atomic mass is 9.93. The van der Waals surface area contributed by atoms with Gasteiger partial charge in [0, 0.05) is 39.5 Å². The van der Waals surface area contributed by atoms with Crippen molar-refractivity contribution in [3.05, 3.63) is 170 Å². The number of nitrogens with zero attached hydrogens (tertiary/aromatic N) is 2. The molecule has 0 aliphatic rings. The van der Waals surface area contributed by atoms with Crippen LogP contribution in [0.15, 0.2) is 179 Å². The zero-order valence-electron chi connectivity index (χ0n) is 26.4. The van der Waals surface area contributed by atoms with Crippen molar-refractivity contribution in [2.24, 2.45) is 0 Å². The summed E-state index contributed by atoms with van der Waals surface area (Å²) in [5.41, 5.74) is 9.64. The highest BCUT2D eigenvalue weighted by Gasteiger charge is 2.18. The van der Waals surface area contributed by atoms with Crippen LogP contribution >= 0.6 is 0 Å². The molecule has 10 aromatic rings. The van der Waals surface area contributed by atoms with Gasteiger partial charge in [-0.1, -0.05) is 97.1 Å². The molecule has 4 nitrogen and oxygen atoms in total. The van der Waals surface area contributed by atoms with Gasteiger partial charge >= 0.3 is 0 Å². The molecular weight excluding hydrogens is 601 g/mol. The van der Waals surface area contributed by atoms with E-state index in [0.717, 1.165) is 55.7 Å². The van der Waals surface area contributed by atoms with Gasteiger partial charge in [-0.25, -0.2) is 4.98 Å². The van der Waals surface area contributed by atoms with E-state index in [1.807, 2.05) is 36.4 Å². The molecule has 10 rings (SSSR count). The first-order valence-corrected chi connectivity index (χ1v) is 16.5.